The molecule has 0 amide bonds. The lowest BCUT2D eigenvalue weighted by Crippen LogP contribution is -2.44. The Bertz CT molecular complexity index is 233. The van der Waals surface area contributed by atoms with Crippen LogP contribution in [0.2, 0.25) is 0 Å². The molecule has 0 bridgehead atoms. The SMILES string of the molecule is CC(C)COC(=O)OCC1(N)CCCCCC1. The van der Waals surface area contributed by atoms with E-state index >= 15 is 0 Å². The van der Waals surface area contributed by atoms with Crippen LogP contribution in [0.15, 0.2) is 0 Å². The van der Waals surface area contributed by atoms with Crippen molar-refractivity contribution in [2.75, 3.05) is 13.2 Å². The summed E-state index contributed by atoms with van der Waals surface area (Å²) in [4.78, 5) is 11.3. The molecule has 100 valence electrons. The van der Waals surface area contributed by atoms with Crippen LogP contribution in [-0.4, -0.2) is 24.9 Å². The van der Waals surface area contributed by atoms with E-state index < -0.39 is 6.16 Å². The zero-order chi connectivity index (χ0) is 12.7. The minimum Gasteiger partial charge on any atom is -0.434 e. The van der Waals surface area contributed by atoms with Crippen LogP contribution in [0.4, 0.5) is 4.79 Å². The summed E-state index contributed by atoms with van der Waals surface area (Å²) in [6.45, 7) is 4.66. The molecule has 1 fully saturated rings. The van der Waals surface area contributed by atoms with E-state index in [1.807, 2.05) is 13.8 Å². The fraction of sp³-hybridized carbons (Fsp3) is 0.923. The molecular weight excluding hydrogens is 218 g/mol. The quantitative estimate of drug-likeness (QED) is 0.609. The van der Waals surface area contributed by atoms with Crippen LogP contribution < -0.4 is 5.73 Å². The normalized spacial score (nSPS) is 19.8. The third kappa shape index (κ3) is 5.91. The Hall–Kier alpha value is -0.770. The summed E-state index contributed by atoms with van der Waals surface area (Å²) in [5.74, 6) is 0.326. The van der Waals surface area contributed by atoms with Crippen molar-refractivity contribution in [3.05, 3.63) is 0 Å². The highest BCUT2D eigenvalue weighted by molar-refractivity contribution is 5.59. The van der Waals surface area contributed by atoms with Gasteiger partial charge in [0, 0.05) is 0 Å². The highest BCUT2D eigenvalue weighted by atomic mass is 16.7. The van der Waals surface area contributed by atoms with E-state index in [0.29, 0.717) is 12.5 Å². The highest BCUT2D eigenvalue weighted by Gasteiger charge is 2.28. The Balaban J connectivity index is 2.25. The summed E-state index contributed by atoms with van der Waals surface area (Å²) < 4.78 is 10.1. The van der Waals surface area contributed by atoms with Gasteiger partial charge in [-0.25, -0.2) is 4.79 Å². The number of rotatable bonds is 4. The maximum atomic E-state index is 11.3. The van der Waals surface area contributed by atoms with E-state index in [4.69, 9.17) is 15.2 Å². The van der Waals surface area contributed by atoms with Gasteiger partial charge in [0.15, 0.2) is 0 Å². The lowest BCUT2D eigenvalue weighted by Gasteiger charge is -2.27. The number of hydrogen-bond acceptors (Lipinski definition) is 4. The zero-order valence-electron chi connectivity index (χ0n) is 11.0. The first-order valence-corrected chi connectivity index (χ1v) is 6.60. The molecule has 2 N–H and O–H groups in total. The molecule has 0 aromatic carbocycles. The molecule has 4 nitrogen and oxygen atoms in total. The summed E-state index contributed by atoms with van der Waals surface area (Å²) in [5, 5.41) is 0. The van der Waals surface area contributed by atoms with Gasteiger partial charge in [0.2, 0.25) is 0 Å². The number of hydrogen-bond donors (Lipinski definition) is 1. The largest absolute Gasteiger partial charge is 0.508 e. The molecule has 1 aliphatic rings. The second-order valence-corrected chi connectivity index (χ2v) is 5.52. The Morgan fingerprint density at radius 3 is 2.29 bits per heavy atom. The first-order chi connectivity index (χ1) is 8.02. The molecule has 1 aliphatic carbocycles. The Kier molecular flexibility index (Phi) is 5.75. The average molecular weight is 243 g/mol. The van der Waals surface area contributed by atoms with Gasteiger partial charge in [-0.05, 0) is 18.8 Å². The van der Waals surface area contributed by atoms with Gasteiger partial charge in [0.05, 0.1) is 12.1 Å². The van der Waals surface area contributed by atoms with Gasteiger partial charge in [-0.1, -0.05) is 39.5 Å². The Labute approximate surface area is 104 Å². The van der Waals surface area contributed by atoms with Crippen molar-refractivity contribution in [2.45, 2.75) is 57.9 Å². The third-order valence-corrected chi connectivity index (χ3v) is 3.11. The lowest BCUT2D eigenvalue weighted by atomic mass is 9.93. The Morgan fingerprint density at radius 1 is 1.18 bits per heavy atom. The lowest BCUT2D eigenvalue weighted by molar-refractivity contribution is 0.0304. The molecule has 0 aromatic heterocycles. The fourth-order valence-electron chi connectivity index (χ4n) is 2.06. The monoisotopic (exact) mass is 243 g/mol. The van der Waals surface area contributed by atoms with Crippen molar-refractivity contribution in [3.63, 3.8) is 0 Å². The Morgan fingerprint density at radius 2 is 1.76 bits per heavy atom. The zero-order valence-corrected chi connectivity index (χ0v) is 11.0. The average Bonchev–Trinajstić information content (AvgIpc) is 2.49. The molecule has 0 aliphatic heterocycles. The predicted octanol–water partition coefficient (Wildman–Crippen LogP) is 2.85. The van der Waals surface area contributed by atoms with E-state index in [-0.39, 0.29) is 12.1 Å². The van der Waals surface area contributed by atoms with Gasteiger partial charge >= 0.3 is 6.16 Å². The van der Waals surface area contributed by atoms with Crippen molar-refractivity contribution in [2.24, 2.45) is 11.7 Å². The van der Waals surface area contributed by atoms with E-state index in [1.54, 1.807) is 0 Å². The first kappa shape index (κ1) is 14.3. The highest BCUT2D eigenvalue weighted by Crippen LogP contribution is 2.25. The first-order valence-electron chi connectivity index (χ1n) is 6.60. The molecule has 4 heteroatoms. The fourth-order valence-corrected chi connectivity index (χ4v) is 2.06. The van der Waals surface area contributed by atoms with Gasteiger partial charge in [-0.2, -0.15) is 0 Å². The smallest absolute Gasteiger partial charge is 0.434 e. The van der Waals surface area contributed by atoms with Crippen molar-refractivity contribution < 1.29 is 14.3 Å². The second kappa shape index (κ2) is 6.84. The number of carbonyl (C=O) groups is 1. The molecule has 0 spiro atoms. The van der Waals surface area contributed by atoms with Crippen LogP contribution in [0.5, 0.6) is 0 Å². The van der Waals surface area contributed by atoms with Gasteiger partial charge < -0.3 is 15.2 Å². The van der Waals surface area contributed by atoms with Gasteiger partial charge in [-0.15, -0.1) is 0 Å². The number of ether oxygens (including phenoxy) is 2. The van der Waals surface area contributed by atoms with E-state index in [0.717, 1.165) is 25.7 Å². The standard InChI is InChI=1S/C13H25NO3/c1-11(2)9-16-12(15)17-10-13(14)7-5-3-4-6-8-13/h11H,3-10,14H2,1-2H3. The predicted molar refractivity (Wildman–Crippen MR) is 66.8 cm³/mol. The summed E-state index contributed by atoms with van der Waals surface area (Å²) in [6.07, 6.45) is 6.00. The van der Waals surface area contributed by atoms with Crippen molar-refractivity contribution in [1.82, 2.24) is 0 Å². The van der Waals surface area contributed by atoms with E-state index in [2.05, 4.69) is 0 Å². The molecule has 0 saturated heterocycles. The molecule has 0 unspecified atom stereocenters. The topological polar surface area (TPSA) is 61.5 Å². The second-order valence-electron chi connectivity index (χ2n) is 5.52. The maximum absolute atomic E-state index is 11.3. The molecule has 1 rings (SSSR count). The van der Waals surface area contributed by atoms with Crippen molar-refractivity contribution in [1.29, 1.82) is 0 Å². The van der Waals surface area contributed by atoms with Crippen LogP contribution in [0.25, 0.3) is 0 Å². The maximum Gasteiger partial charge on any atom is 0.508 e. The minimum absolute atomic E-state index is 0.282. The molecule has 0 radical (unpaired) electrons. The number of nitrogens with two attached hydrogens (primary N) is 1. The van der Waals surface area contributed by atoms with Crippen LogP contribution in [-0.2, 0) is 9.47 Å². The molecule has 17 heavy (non-hydrogen) atoms. The molecule has 1 saturated carbocycles. The van der Waals surface area contributed by atoms with Gasteiger partial charge in [-0.3, -0.25) is 0 Å². The summed E-state index contributed by atoms with van der Waals surface area (Å²) in [6, 6.07) is 0. The summed E-state index contributed by atoms with van der Waals surface area (Å²) in [5.41, 5.74) is 5.89. The molecule has 0 aromatic rings. The molecule has 0 atom stereocenters. The van der Waals surface area contributed by atoms with Crippen LogP contribution in [0, 0.1) is 5.92 Å². The minimum atomic E-state index is -0.590. The van der Waals surface area contributed by atoms with Crippen molar-refractivity contribution in [3.8, 4) is 0 Å². The van der Waals surface area contributed by atoms with Crippen molar-refractivity contribution >= 4 is 6.16 Å². The van der Waals surface area contributed by atoms with Gasteiger partial charge in [0.25, 0.3) is 0 Å². The van der Waals surface area contributed by atoms with E-state index in [1.165, 1.54) is 12.8 Å². The summed E-state index contributed by atoms with van der Waals surface area (Å²) >= 11 is 0. The van der Waals surface area contributed by atoms with Crippen LogP contribution in [0.3, 0.4) is 0 Å². The van der Waals surface area contributed by atoms with Crippen LogP contribution in [0.1, 0.15) is 52.4 Å². The molecule has 0 heterocycles. The van der Waals surface area contributed by atoms with E-state index in [9.17, 15) is 4.79 Å². The number of carbonyl (C=O) groups excluding carboxylic acids is 1. The molecular formula is C13H25NO3. The van der Waals surface area contributed by atoms with Gasteiger partial charge in [0.1, 0.15) is 6.61 Å². The van der Waals surface area contributed by atoms with Crippen LogP contribution >= 0.6 is 0 Å². The summed E-state index contributed by atoms with van der Waals surface area (Å²) in [7, 11) is 0. The third-order valence-electron chi connectivity index (χ3n) is 3.11.